The van der Waals surface area contributed by atoms with E-state index in [0.717, 1.165) is 29.9 Å². The molecule has 0 radical (unpaired) electrons. The molecular formula is C23H21ClN4O3S. The molecule has 2 aromatic carbocycles. The van der Waals surface area contributed by atoms with Gasteiger partial charge in [-0.2, -0.15) is 0 Å². The number of para-hydroxylation sites is 1. The van der Waals surface area contributed by atoms with E-state index in [4.69, 9.17) is 16.3 Å². The number of hydrogen-bond donors (Lipinski definition) is 1. The Kier molecular flexibility index (Phi) is 5.65. The third-order valence-electron chi connectivity index (χ3n) is 5.66. The first-order chi connectivity index (χ1) is 15.5. The Bertz CT molecular complexity index is 1210. The number of nitrogens with one attached hydrogen (secondary N) is 1. The summed E-state index contributed by atoms with van der Waals surface area (Å²) in [5.74, 6) is 1.27. The Labute approximate surface area is 194 Å². The number of amides is 1. The van der Waals surface area contributed by atoms with Crippen molar-refractivity contribution in [3.8, 4) is 5.75 Å². The van der Waals surface area contributed by atoms with Crippen molar-refractivity contribution in [3.05, 3.63) is 64.4 Å². The maximum Gasteiger partial charge on any atom is 0.231 e. The third kappa shape index (κ3) is 4.12. The predicted octanol–water partition coefficient (Wildman–Crippen LogP) is 4.88. The first-order valence-electron chi connectivity index (χ1n) is 10.4. The van der Waals surface area contributed by atoms with Crippen LogP contribution in [0.25, 0.3) is 0 Å². The number of carbonyl (C=O) groups is 2. The molecule has 1 amide bonds. The van der Waals surface area contributed by atoms with Crippen molar-refractivity contribution >= 4 is 40.7 Å². The van der Waals surface area contributed by atoms with Crippen LogP contribution in [0, 0.1) is 0 Å². The molecule has 2 aliphatic rings. The van der Waals surface area contributed by atoms with Gasteiger partial charge >= 0.3 is 0 Å². The van der Waals surface area contributed by atoms with E-state index in [1.807, 2.05) is 31.2 Å². The molecular weight excluding hydrogens is 448 g/mol. The van der Waals surface area contributed by atoms with Crippen LogP contribution in [0.5, 0.6) is 5.75 Å². The smallest absolute Gasteiger partial charge is 0.231 e. The van der Waals surface area contributed by atoms with Gasteiger partial charge in [0.15, 0.2) is 16.8 Å². The van der Waals surface area contributed by atoms with Crippen LogP contribution >= 0.6 is 23.4 Å². The van der Waals surface area contributed by atoms with Gasteiger partial charge in [0.25, 0.3) is 0 Å². The summed E-state index contributed by atoms with van der Waals surface area (Å²) in [4.78, 5) is 24.7. The number of hydrogen-bond acceptors (Lipinski definition) is 6. The molecule has 1 atom stereocenters. The van der Waals surface area contributed by atoms with Gasteiger partial charge in [-0.25, -0.2) is 0 Å². The van der Waals surface area contributed by atoms with Gasteiger partial charge in [0.2, 0.25) is 5.91 Å². The summed E-state index contributed by atoms with van der Waals surface area (Å²) in [7, 11) is 0. The molecule has 32 heavy (non-hydrogen) atoms. The van der Waals surface area contributed by atoms with Gasteiger partial charge in [0.05, 0.1) is 16.7 Å². The number of thioether (sulfide) groups is 1. The molecule has 1 fully saturated rings. The van der Waals surface area contributed by atoms with Gasteiger partial charge in [-0.15, -0.1) is 10.2 Å². The minimum atomic E-state index is -0.246. The standard InChI is InChI=1S/C23H21ClN4O3S/c1-13-16-10-14(6-9-18(16)25-22(13)30)19(29)12-32-23-27-26-21(28(23)15-7-8-15)11-31-20-5-3-2-4-17(20)24/h2-6,9-10,13,15H,7-8,11-12H2,1H3,(H,25,30). The highest BCUT2D eigenvalue weighted by Gasteiger charge is 2.31. The van der Waals surface area contributed by atoms with Gasteiger partial charge < -0.3 is 10.1 Å². The quantitative estimate of drug-likeness (QED) is 0.374. The van der Waals surface area contributed by atoms with Gasteiger partial charge in [-0.3, -0.25) is 14.2 Å². The Morgan fingerprint density at radius 3 is 2.84 bits per heavy atom. The monoisotopic (exact) mass is 468 g/mol. The lowest BCUT2D eigenvalue weighted by Crippen LogP contribution is -2.09. The number of carbonyl (C=O) groups excluding carboxylic acids is 2. The Balaban J connectivity index is 1.27. The number of anilines is 1. The van der Waals surface area contributed by atoms with E-state index in [1.165, 1.54) is 11.8 Å². The van der Waals surface area contributed by atoms with Gasteiger partial charge in [0.1, 0.15) is 12.4 Å². The highest BCUT2D eigenvalue weighted by Crippen LogP contribution is 2.39. The summed E-state index contributed by atoms with van der Waals surface area (Å²) in [5, 5.41) is 12.7. The lowest BCUT2D eigenvalue weighted by molar-refractivity contribution is -0.116. The van der Waals surface area contributed by atoms with Crippen molar-refractivity contribution in [3.63, 3.8) is 0 Å². The number of Topliss-reactive ketones (excluding diaryl/α,β-unsaturated/α-hetero) is 1. The molecule has 1 N–H and O–H groups in total. The topological polar surface area (TPSA) is 86.1 Å². The number of rotatable bonds is 8. The van der Waals surface area contributed by atoms with Crippen LogP contribution in [0.1, 0.15) is 53.5 Å². The highest BCUT2D eigenvalue weighted by atomic mass is 35.5. The van der Waals surface area contributed by atoms with Crippen molar-refractivity contribution < 1.29 is 14.3 Å². The van der Waals surface area contributed by atoms with Crippen LogP contribution in [0.4, 0.5) is 5.69 Å². The number of fused-ring (bicyclic) bond motifs is 1. The normalized spacial score (nSPS) is 17.2. The summed E-state index contributed by atoms with van der Waals surface area (Å²) >= 11 is 7.55. The second kappa shape index (κ2) is 8.60. The minimum Gasteiger partial charge on any atom is -0.484 e. The molecule has 3 aromatic rings. The molecule has 2 heterocycles. The lowest BCUT2D eigenvalue weighted by Gasteiger charge is -2.11. The summed E-state index contributed by atoms with van der Waals surface area (Å²) in [5.41, 5.74) is 2.24. The molecule has 164 valence electrons. The largest absolute Gasteiger partial charge is 0.484 e. The van der Waals surface area contributed by atoms with Crippen LogP contribution < -0.4 is 10.1 Å². The van der Waals surface area contributed by atoms with Crippen LogP contribution in [-0.2, 0) is 11.4 Å². The molecule has 0 saturated heterocycles. The van der Waals surface area contributed by atoms with E-state index in [0.29, 0.717) is 27.5 Å². The maximum atomic E-state index is 12.8. The van der Waals surface area contributed by atoms with Crippen LogP contribution in [0.15, 0.2) is 47.6 Å². The Hall–Kier alpha value is -2.84. The maximum absolute atomic E-state index is 12.8. The SMILES string of the molecule is CC1C(=O)Nc2ccc(C(=O)CSc3nnc(COc4ccccc4Cl)n3C3CC3)cc21. The van der Waals surface area contributed by atoms with Crippen molar-refractivity contribution in [1.29, 1.82) is 0 Å². The second-order valence-electron chi connectivity index (χ2n) is 7.94. The Morgan fingerprint density at radius 1 is 1.25 bits per heavy atom. The summed E-state index contributed by atoms with van der Waals surface area (Å²) in [6.07, 6.45) is 2.12. The van der Waals surface area contributed by atoms with Crippen LogP contribution in [0.2, 0.25) is 5.02 Å². The first-order valence-corrected chi connectivity index (χ1v) is 11.8. The van der Waals surface area contributed by atoms with E-state index >= 15 is 0 Å². The van der Waals surface area contributed by atoms with Gasteiger partial charge in [0, 0.05) is 17.3 Å². The van der Waals surface area contributed by atoms with E-state index in [9.17, 15) is 9.59 Å². The van der Waals surface area contributed by atoms with Crippen LogP contribution in [-0.4, -0.2) is 32.2 Å². The molecule has 1 aliphatic heterocycles. The Morgan fingerprint density at radius 2 is 2.06 bits per heavy atom. The van der Waals surface area contributed by atoms with E-state index in [-0.39, 0.29) is 30.0 Å². The summed E-state index contributed by atoms with van der Waals surface area (Å²) in [6.45, 7) is 2.10. The minimum absolute atomic E-state index is 0.0106. The molecule has 0 bridgehead atoms. The third-order valence-corrected chi connectivity index (χ3v) is 6.92. The fraction of sp³-hybridized carbons (Fsp3) is 0.304. The molecule has 1 aliphatic carbocycles. The number of halogens is 1. The number of benzene rings is 2. The van der Waals surface area contributed by atoms with Crippen molar-refractivity contribution in [2.75, 3.05) is 11.1 Å². The molecule has 0 spiro atoms. The molecule has 7 nitrogen and oxygen atoms in total. The molecule has 1 unspecified atom stereocenters. The van der Waals surface area contributed by atoms with E-state index < -0.39 is 0 Å². The second-order valence-corrected chi connectivity index (χ2v) is 9.29. The molecule has 5 rings (SSSR count). The number of ether oxygens (including phenoxy) is 1. The summed E-state index contributed by atoms with van der Waals surface area (Å²) in [6, 6.07) is 13.0. The van der Waals surface area contributed by atoms with Gasteiger partial charge in [-0.1, -0.05) is 35.5 Å². The predicted molar refractivity (Wildman–Crippen MR) is 123 cm³/mol. The molecule has 9 heteroatoms. The number of ketones is 1. The van der Waals surface area contributed by atoms with Crippen molar-refractivity contribution in [1.82, 2.24) is 14.8 Å². The zero-order valence-corrected chi connectivity index (χ0v) is 18.9. The number of nitrogens with zero attached hydrogens (tertiary/aromatic N) is 3. The van der Waals surface area contributed by atoms with Crippen molar-refractivity contribution in [2.45, 2.75) is 43.5 Å². The zero-order chi connectivity index (χ0) is 22.2. The average Bonchev–Trinajstić information content (AvgIpc) is 3.49. The molecule has 1 saturated carbocycles. The average molecular weight is 469 g/mol. The fourth-order valence-corrected chi connectivity index (χ4v) is 4.82. The first kappa shape index (κ1) is 21.0. The van der Waals surface area contributed by atoms with E-state index in [2.05, 4.69) is 20.1 Å². The lowest BCUT2D eigenvalue weighted by atomic mass is 9.99. The fourth-order valence-electron chi connectivity index (χ4n) is 3.71. The summed E-state index contributed by atoms with van der Waals surface area (Å²) < 4.78 is 7.92. The number of aromatic nitrogens is 3. The highest BCUT2D eigenvalue weighted by molar-refractivity contribution is 7.99. The van der Waals surface area contributed by atoms with Crippen LogP contribution in [0.3, 0.4) is 0 Å². The van der Waals surface area contributed by atoms with E-state index in [1.54, 1.807) is 18.2 Å². The molecule has 1 aromatic heterocycles. The zero-order valence-electron chi connectivity index (χ0n) is 17.4. The van der Waals surface area contributed by atoms with Crippen molar-refractivity contribution in [2.24, 2.45) is 0 Å². The van der Waals surface area contributed by atoms with Gasteiger partial charge in [-0.05, 0) is 55.7 Å².